The van der Waals surface area contributed by atoms with Crippen molar-refractivity contribution in [3.05, 3.63) is 11.4 Å². The minimum atomic E-state index is -3.65. The quantitative estimate of drug-likeness (QED) is 0.900. The maximum atomic E-state index is 12.8. The van der Waals surface area contributed by atoms with Gasteiger partial charge >= 0.3 is 0 Å². The maximum absolute atomic E-state index is 12.8. The third kappa shape index (κ3) is 2.47. The normalized spacial score (nSPS) is 27.1. The highest BCUT2D eigenvalue weighted by atomic mass is 32.2. The van der Waals surface area contributed by atoms with Gasteiger partial charge in [-0.2, -0.15) is 4.31 Å². The van der Waals surface area contributed by atoms with E-state index in [4.69, 9.17) is 4.74 Å². The monoisotopic (exact) mass is 319 g/mol. The summed E-state index contributed by atoms with van der Waals surface area (Å²) in [5.74, 6) is 0.783. The summed E-state index contributed by atoms with van der Waals surface area (Å²) in [5.41, 5.74) is -0.687. The fourth-order valence-corrected chi connectivity index (χ4v) is 5.86. The van der Waals surface area contributed by atoms with Crippen molar-refractivity contribution in [1.82, 2.24) is 4.31 Å². The average Bonchev–Trinajstić information content (AvgIpc) is 3.04. The van der Waals surface area contributed by atoms with Crippen molar-refractivity contribution in [3.8, 4) is 5.75 Å². The van der Waals surface area contributed by atoms with Crippen LogP contribution in [0.15, 0.2) is 15.7 Å². The third-order valence-corrected chi connectivity index (χ3v) is 7.59. The van der Waals surface area contributed by atoms with Crippen LogP contribution in [-0.2, 0) is 10.0 Å². The molecule has 0 spiro atoms. The van der Waals surface area contributed by atoms with Crippen LogP contribution < -0.4 is 4.74 Å². The molecule has 1 aromatic rings. The number of hydrogen-bond donors (Lipinski definition) is 1. The van der Waals surface area contributed by atoms with E-state index in [2.05, 4.69) is 6.92 Å². The largest absolute Gasteiger partial charge is 0.494 e. The molecule has 114 valence electrons. The lowest BCUT2D eigenvalue weighted by Gasteiger charge is -2.36. The highest BCUT2D eigenvalue weighted by Crippen LogP contribution is 2.42. The molecule has 1 fully saturated rings. The van der Waals surface area contributed by atoms with Crippen molar-refractivity contribution in [1.29, 1.82) is 0 Å². The number of aliphatic hydroxyl groups excluding tert-OH is 1. The lowest BCUT2D eigenvalue weighted by Crippen LogP contribution is -2.50. The molecule has 1 saturated carbocycles. The summed E-state index contributed by atoms with van der Waals surface area (Å²) in [6.07, 6.45) is 2.31. The summed E-state index contributed by atoms with van der Waals surface area (Å²) in [6, 6.07) is 1.65. The van der Waals surface area contributed by atoms with Gasteiger partial charge in [-0.25, -0.2) is 8.42 Å². The number of aliphatic hydroxyl groups is 1. The van der Waals surface area contributed by atoms with Crippen molar-refractivity contribution in [2.45, 2.75) is 35.9 Å². The van der Waals surface area contributed by atoms with Gasteiger partial charge in [-0.1, -0.05) is 6.92 Å². The lowest BCUT2D eigenvalue weighted by atomic mass is 9.98. The fraction of sp³-hybridized carbons (Fsp3) is 0.692. The zero-order chi connectivity index (χ0) is 15.0. The number of ether oxygens (including phenoxy) is 1. The highest BCUT2D eigenvalue weighted by Gasteiger charge is 2.46. The van der Waals surface area contributed by atoms with E-state index in [-0.39, 0.29) is 10.8 Å². The van der Waals surface area contributed by atoms with Gasteiger partial charge in [0.05, 0.1) is 19.3 Å². The van der Waals surface area contributed by atoms with E-state index in [1.165, 1.54) is 11.4 Å². The number of rotatable bonds is 5. The molecule has 0 saturated heterocycles. The molecule has 7 heteroatoms. The van der Waals surface area contributed by atoms with E-state index in [0.717, 1.165) is 17.8 Å². The molecule has 0 aliphatic heterocycles. The van der Waals surface area contributed by atoms with E-state index >= 15 is 0 Å². The van der Waals surface area contributed by atoms with Crippen LogP contribution in [0.25, 0.3) is 0 Å². The van der Waals surface area contributed by atoms with Gasteiger partial charge in [0, 0.05) is 7.05 Å². The molecular formula is C13H21NO4S2. The van der Waals surface area contributed by atoms with Crippen molar-refractivity contribution < 1.29 is 18.3 Å². The Balaban J connectivity index is 2.39. The number of thiophene rings is 1. The Bertz CT molecular complexity index is 569. The van der Waals surface area contributed by atoms with Gasteiger partial charge in [-0.05, 0) is 36.6 Å². The summed E-state index contributed by atoms with van der Waals surface area (Å²) in [4.78, 5) is 0. The van der Waals surface area contributed by atoms with Crippen LogP contribution >= 0.6 is 11.3 Å². The Morgan fingerprint density at radius 2 is 2.30 bits per heavy atom. The predicted octanol–water partition coefficient (Wildman–Crippen LogP) is 1.93. The number of hydrogen-bond acceptors (Lipinski definition) is 5. The SMILES string of the molecule is COc1ccsc1S(=O)(=O)N(C)[C@]1(CO)CC[C@@H](C)C1. The van der Waals surface area contributed by atoms with Crippen LogP contribution in [0.4, 0.5) is 0 Å². The molecule has 1 aliphatic rings. The topological polar surface area (TPSA) is 66.8 Å². The van der Waals surface area contributed by atoms with Gasteiger partial charge in [-0.3, -0.25) is 0 Å². The second kappa shape index (κ2) is 5.63. The van der Waals surface area contributed by atoms with Crippen LogP contribution in [0.5, 0.6) is 5.75 Å². The Morgan fingerprint density at radius 3 is 2.80 bits per heavy atom. The Kier molecular flexibility index (Phi) is 4.44. The smallest absolute Gasteiger partial charge is 0.256 e. The molecule has 1 aliphatic carbocycles. The first-order valence-corrected chi connectivity index (χ1v) is 8.91. The van der Waals surface area contributed by atoms with Crippen molar-refractivity contribution in [3.63, 3.8) is 0 Å². The second-order valence-electron chi connectivity index (χ2n) is 5.48. The molecule has 1 N–H and O–H groups in total. The average molecular weight is 319 g/mol. The van der Waals surface area contributed by atoms with Gasteiger partial charge in [-0.15, -0.1) is 11.3 Å². The fourth-order valence-electron chi connectivity index (χ4n) is 2.90. The highest BCUT2D eigenvalue weighted by molar-refractivity contribution is 7.91. The summed E-state index contributed by atoms with van der Waals surface area (Å²) in [5, 5.41) is 11.5. The number of nitrogens with zero attached hydrogens (tertiary/aromatic N) is 1. The Hall–Kier alpha value is -0.630. The molecule has 0 aromatic carbocycles. The summed E-state index contributed by atoms with van der Waals surface area (Å²) < 4.78 is 32.2. The molecule has 1 aromatic heterocycles. The van der Waals surface area contributed by atoms with Crippen LogP contribution in [0.1, 0.15) is 26.2 Å². The zero-order valence-electron chi connectivity index (χ0n) is 12.0. The van der Waals surface area contributed by atoms with Gasteiger partial charge in [0.25, 0.3) is 10.0 Å². The minimum Gasteiger partial charge on any atom is -0.494 e. The third-order valence-electron chi connectivity index (χ3n) is 4.20. The van der Waals surface area contributed by atoms with E-state index < -0.39 is 15.6 Å². The molecule has 0 radical (unpaired) electrons. The van der Waals surface area contributed by atoms with Crippen molar-refractivity contribution in [2.75, 3.05) is 20.8 Å². The lowest BCUT2D eigenvalue weighted by molar-refractivity contribution is 0.108. The van der Waals surface area contributed by atoms with E-state index in [0.29, 0.717) is 24.5 Å². The second-order valence-corrected chi connectivity index (χ2v) is 8.56. The molecule has 5 nitrogen and oxygen atoms in total. The maximum Gasteiger partial charge on any atom is 0.256 e. The van der Waals surface area contributed by atoms with Crippen LogP contribution in [-0.4, -0.2) is 44.1 Å². The first-order chi connectivity index (χ1) is 9.37. The van der Waals surface area contributed by atoms with Crippen molar-refractivity contribution in [2.24, 2.45) is 5.92 Å². The predicted molar refractivity (Wildman–Crippen MR) is 78.7 cm³/mol. The van der Waals surface area contributed by atoms with Gasteiger partial charge < -0.3 is 9.84 Å². The molecule has 2 atom stereocenters. The molecule has 0 unspecified atom stereocenters. The van der Waals surface area contributed by atoms with Crippen LogP contribution in [0, 0.1) is 5.92 Å². The molecule has 1 heterocycles. The standard InChI is InChI=1S/C13H21NO4S2/c1-10-4-6-13(8-10,9-15)14(2)20(16,17)12-11(18-3)5-7-19-12/h5,7,10,15H,4,6,8-9H2,1-3H3/t10-,13-/m1/s1. The summed E-state index contributed by atoms with van der Waals surface area (Å²) >= 11 is 1.14. The van der Waals surface area contributed by atoms with E-state index in [1.54, 1.807) is 18.5 Å². The first kappa shape index (κ1) is 15.8. The Morgan fingerprint density at radius 1 is 1.60 bits per heavy atom. The molecule has 0 amide bonds. The first-order valence-electron chi connectivity index (χ1n) is 6.59. The van der Waals surface area contributed by atoms with Crippen molar-refractivity contribution >= 4 is 21.4 Å². The summed E-state index contributed by atoms with van der Waals surface area (Å²) in [7, 11) is -0.632. The number of methoxy groups -OCH3 is 1. The molecule has 20 heavy (non-hydrogen) atoms. The van der Waals surface area contributed by atoms with E-state index in [9.17, 15) is 13.5 Å². The van der Waals surface area contributed by atoms with Gasteiger partial charge in [0.15, 0.2) is 4.21 Å². The molecule has 0 bridgehead atoms. The zero-order valence-corrected chi connectivity index (χ0v) is 13.6. The van der Waals surface area contributed by atoms with Crippen LogP contribution in [0.3, 0.4) is 0 Å². The minimum absolute atomic E-state index is 0.152. The van der Waals surface area contributed by atoms with Gasteiger partial charge in [0.1, 0.15) is 5.75 Å². The number of sulfonamides is 1. The summed E-state index contributed by atoms with van der Waals surface area (Å²) in [6.45, 7) is 1.93. The molecular weight excluding hydrogens is 298 g/mol. The Labute approximate surface area is 124 Å². The van der Waals surface area contributed by atoms with Crippen LogP contribution in [0.2, 0.25) is 0 Å². The van der Waals surface area contributed by atoms with E-state index in [1.807, 2.05) is 0 Å². The molecule has 2 rings (SSSR count). The number of likely N-dealkylation sites (N-methyl/N-ethyl adjacent to an activating group) is 1. The van der Waals surface area contributed by atoms with Gasteiger partial charge in [0.2, 0.25) is 0 Å².